The number of carbonyl (C=O) groups excluding carboxylic acids is 1. The van der Waals surface area contributed by atoms with Crippen LogP contribution >= 0.6 is 11.6 Å². The van der Waals surface area contributed by atoms with Gasteiger partial charge in [0.25, 0.3) is 5.91 Å². The predicted octanol–water partition coefficient (Wildman–Crippen LogP) is 2.24. The average molecular weight is 337 g/mol. The van der Waals surface area contributed by atoms with Crippen molar-refractivity contribution < 1.29 is 9.53 Å². The minimum absolute atomic E-state index is 0.00166. The van der Waals surface area contributed by atoms with Gasteiger partial charge in [-0.3, -0.25) is 4.79 Å². The van der Waals surface area contributed by atoms with Crippen molar-refractivity contribution in [3.8, 4) is 11.8 Å². The van der Waals surface area contributed by atoms with Crippen molar-refractivity contribution in [3.05, 3.63) is 35.0 Å². The van der Waals surface area contributed by atoms with Crippen LogP contribution in [0.15, 0.2) is 30.0 Å². The summed E-state index contributed by atoms with van der Waals surface area (Å²) in [5.41, 5.74) is 0.497. The fourth-order valence-corrected chi connectivity index (χ4v) is 2.02. The van der Waals surface area contributed by atoms with Crippen molar-refractivity contribution >= 4 is 23.2 Å². The van der Waals surface area contributed by atoms with Crippen LogP contribution in [-0.2, 0) is 4.79 Å². The molecule has 0 aliphatic carbocycles. The number of hydrogen-bond acceptors (Lipinski definition) is 5. The zero-order valence-corrected chi connectivity index (χ0v) is 14.3. The Bertz CT molecular complexity index is 609. The lowest BCUT2D eigenvalue weighted by Gasteiger charge is -2.09. The largest absolute Gasteiger partial charge is 0.495 e. The molecule has 1 aromatic rings. The molecule has 0 spiro atoms. The second-order valence-electron chi connectivity index (χ2n) is 5.08. The molecule has 23 heavy (non-hydrogen) atoms. The SMILES string of the molecule is COc1ccc(NC(=O)/C(C#N)=C\NCCCN(C)C)cc1Cl. The highest BCUT2D eigenvalue weighted by molar-refractivity contribution is 6.32. The lowest BCUT2D eigenvalue weighted by atomic mass is 10.2. The third kappa shape index (κ3) is 6.59. The normalized spacial score (nSPS) is 11.0. The molecule has 2 N–H and O–H groups in total. The van der Waals surface area contributed by atoms with E-state index in [1.165, 1.54) is 13.3 Å². The third-order valence-electron chi connectivity index (χ3n) is 2.95. The maximum absolute atomic E-state index is 12.1. The number of nitrogens with one attached hydrogen (secondary N) is 2. The van der Waals surface area contributed by atoms with Crippen LogP contribution in [0.2, 0.25) is 5.02 Å². The van der Waals surface area contributed by atoms with Gasteiger partial charge in [-0.05, 0) is 45.3 Å². The number of hydrogen-bond donors (Lipinski definition) is 2. The average Bonchev–Trinajstić information content (AvgIpc) is 2.50. The van der Waals surface area contributed by atoms with Crippen LogP contribution in [0, 0.1) is 11.3 Å². The van der Waals surface area contributed by atoms with Crippen molar-refractivity contribution in [1.29, 1.82) is 5.26 Å². The van der Waals surface area contributed by atoms with Crippen LogP contribution in [0.1, 0.15) is 6.42 Å². The van der Waals surface area contributed by atoms with Crippen molar-refractivity contribution in [2.75, 3.05) is 39.6 Å². The van der Waals surface area contributed by atoms with E-state index in [2.05, 4.69) is 15.5 Å². The van der Waals surface area contributed by atoms with E-state index in [0.717, 1.165) is 13.0 Å². The van der Waals surface area contributed by atoms with Gasteiger partial charge in [-0.1, -0.05) is 11.6 Å². The van der Waals surface area contributed by atoms with Gasteiger partial charge in [0.2, 0.25) is 0 Å². The Morgan fingerprint density at radius 2 is 2.22 bits per heavy atom. The lowest BCUT2D eigenvalue weighted by molar-refractivity contribution is -0.112. The van der Waals surface area contributed by atoms with Crippen LogP contribution in [-0.4, -0.2) is 45.1 Å². The van der Waals surface area contributed by atoms with Crippen LogP contribution in [0.25, 0.3) is 0 Å². The number of nitrogens with zero attached hydrogens (tertiary/aromatic N) is 2. The van der Waals surface area contributed by atoms with E-state index in [0.29, 0.717) is 23.0 Å². The van der Waals surface area contributed by atoms with Gasteiger partial charge in [0.15, 0.2) is 0 Å². The number of amides is 1. The molecule has 0 aliphatic rings. The van der Waals surface area contributed by atoms with Crippen LogP contribution in [0.3, 0.4) is 0 Å². The number of anilines is 1. The van der Waals surface area contributed by atoms with Gasteiger partial charge in [-0.2, -0.15) is 5.26 Å². The lowest BCUT2D eigenvalue weighted by Crippen LogP contribution is -2.20. The van der Waals surface area contributed by atoms with Gasteiger partial charge < -0.3 is 20.3 Å². The first-order chi connectivity index (χ1) is 11.0. The van der Waals surface area contributed by atoms with Crippen molar-refractivity contribution in [2.45, 2.75) is 6.42 Å². The fourth-order valence-electron chi connectivity index (χ4n) is 1.76. The molecule has 0 aliphatic heterocycles. The molecule has 0 saturated carbocycles. The molecule has 0 radical (unpaired) electrons. The quantitative estimate of drug-likeness (QED) is 0.432. The second-order valence-corrected chi connectivity index (χ2v) is 5.49. The maximum Gasteiger partial charge on any atom is 0.267 e. The third-order valence-corrected chi connectivity index (χ3v) is 3.24. The summed E-state index contributed by atoms with van der Waals surface area (Å²) < 4.78 is 5.04. The Kier molecular flexibility index (Phi) is 7.95. The summed E-state index contributed by atoms with van der Waals surface area (Å²) in [6, 6.07) is 6.75. The molecular weight excluding hydrogens is 316 g/mol. The summed E-state index contributed by atoms with van der Waals surface area (Å²) >= 11 is 6.00. The summed E-state index contributed by atoms with van der Waals surface area (Å²) in [5.74, 6) is 0.0251. The topological polar surface area (TPSA) is 77.4 Å². The van der Waals surface area contributed by atoms with Gasteiger partial charge in [-0.15, -0.1) is 0 Å². The molecule has 0 saturated heterocycles. The summed E-state index contributed by atoms with van der Waals surface area (Å²) in [7, 11) is 5.49. The van der Waals surface area contributed by atoms with Gasteiger partial charge in [0.1, 0.15) is 17.4 Å². The van der Waals surface area contributed by atoms with Crippen molar-refractivity contribution in [2.24, 2.45) is 0 Å². The van der Waals surface area contributed by atoms with E-state index >= 15 is 0 Å². The smallest absolute Gasteiger partial charge is 0.267 e. The van der Waals surface area contributed by atoms with Crippen LogP contribution in [0.5, 0.6) is 5.75 Å². The molecule has 1 aromatic carbocycles. The summed E-state index contributed by atoms with van der Waals surface area (Å²) in [6.45, 7) is 1.62. The first kappa shape index (κ1) is 18.8. The first-order valence-electron chi connectivity index (χ1n) is 7.11. The molecule has 0 fully saturated rings. The highest BCUT2D eigenvalue weighted by atomic mass is 35.5. The van der Waals surface area contributed by atoms with Gasteiger partial charge in [0, 0.05) is 18.4 Å². The Morgan fingerprint density at radius 1 is 1.48 bits per heavy atom. The van der Waals surface area contributed by atoms with E-state index in [9.17, 15) is 4.79 Å². The zero-order chi connectivity index (χ0) is 17.2. The highest BCUT2D eigenvalue weighted by Gasteiger charge is 2.10. The summed E-state index contributed by atoms with van der Waals surface area (Å²) in [6.07, 6.45) is 2.34. The molecule has 0 bridgehead atoms. The van der Waals surface area contributed by atoms with Crippen molar-refractivity contribution in [3.63, 3.8) is 0 Å². The highest BCUT2D eigenvalue weighted by Crippen LogP contribution is 2.27. The maximum atomic E-state index is 12.1. The number of nitriles is 1. The first-order valence-corrected chi connectivity index (χ1v) is 7.49. The zero-order valence-electron chi connectivity index (χ0n) is 13.5. The number of ether oxygens (including phenoxy) is 1. The molecule has 0 heterocycles. The summed E-state index contributed by atoms with van der Waals surface area (Å²) in [4.78, 5) is 14.1. The molecule has 124 valence electrons. The standard InChI is InChI=1S/C16H21ClN4O2/c1-21(2)8-4-7-19-11-12(10-18)16(22)20-13-5-6-15(23-3)14(17)9-13/h5-6,9,11,19H,4,7-8H2,1-3H3,(H,20,22)/b12-11-. The Balaban J connectivity index is 2.60. The minimum Gasteiger partial charge on any atom is -0.495 e. The van der Waals surface area contributed by atoms with Gasteiger partial charge in [0.05, 0.1) is 12.1 Å². The van der Waals surface area contributed by atoms with Gasteiger partial charge >= 0.3 is 0 Å². The molecular formula is C16H21ClN4O2. The molecule has 6 nitrogen and oxygen atoms in total. The Hall–Kier alpha value is -2.23. The number of carbonyl (C=O) groups is 1. The summed E-state index contributed by atoms with van der Waals surface area (Å²) in [5, 5.41) is 15.1. The molecule has 1 rings (SSSR count). The molecule has 0 unspecified atom stereocenters. The molecule has 0 atom stereocenters. The number of rotatable bonds is 8. The Morgan fingerprint density at radius 3 is 2.78 bits per heavy atom. The molecule has 7 heteroatoms. The Labute approximate surface area is 141 Å². The second kappa shape index (κ2) is 9.72. The van der Waals surface area contributed by atoms with Gasteiger partial charge in [-0.25, -0.2) is 0 Å². The van der Waals surface area contributed by atoms with E-state index in [1.807, 2.05) is 20.2 Å². The van der Waals surface area contributed by atoms with E-state index in [1.54, 1.807) is 18.2 Å². The van der Waals surface area contributed by atoms with E-state index in [-0.39, 0.29) is 5.57 Å². The van der Waals surface area contributed by atoms with Crippen LogP contribution < -0.4 is 15.4 Å². The van der Waals surface area contributed by atoms with E-state index in [4.69, 9.17) is 21.6 Å². The minimum atomic E-state index is -0.492. The molecule has 0 aromatic heterocycles. The van der Waals surface area contributed by atoms with E-state index < -0.39 is 5.91 Å². The van der Waals surface area contributed by atoms with Crippen LogP contribution in [0.4, 0.5) is 5.69 Å². The van der Waals surface area contributed by atoms with Crippen molar-refractivity contribution in [1.82, 2.24) is 10.2 Å². The predicted molar refractivity (Wildman–Crippen MR) is 91.5 cm³/mol. The number of benzene rings is 1. The number of halogens is 1. The fraction of sp³-hybridized carbons (Fsp3) is 0.375. The number of methoxy groups -OCH3 is 1. The molecule has 1 amide bonds. The monoisotopic (exact) mass is 336 g/mol.